The van der Waals surface area contributed by atoms with Crippen molar-refractivity contribution in [3.8, 4) is 0 Å². The van der Waals surface area contributed by atoms with Crippen LogP contribution < -0.4 is 5.32 Å². The molecule has 0 atom stereocenters. The van der Waals surface area contributed by atoms with Gasteiger partial charge < -0.3 is 15.0 Å². The standard InChI is InChI=1S/C21H26F2N2O4/c1-29-20(28)21(9-3-2-4-10-21)24-18(26)14-7-11-25(12-8-14)19(27)16-6-5-15(22)13-17(16)23/h5-6,13-14H,2-4,7-12H2,1H3,(H,24,26). The highest BCUT2D eigenvalue weighted by Gasteiger charge is 2.43. The van der Waals surface area contributed by atoms with Gasteiger partial charge in [-0.25, -0.2) is 13.6 Å². The van der Waals surface area contributed by atoms with E-state index in [1.807, 2.05) is 0 Å². The second-order valence-electron chi connectivity index (χ2n) is 7.81. The molecule has 0 bridgehead atoms. The van der Waals surface area contributed by atoms with Crippen LogP contribution in [0.25, 0.3) is 0 Å². The number of ether oxygens (including phenoxy) is 1. The predicted octanol–water partition coefficient (Wildman–Crippen LogP) is 2.81. The molecule has 6 nitrogen and oxygen atoms in total. The molecular weight excluding hydrogens is 382 g/mol. The summed E-state index contributed by atoms with van der Waals surface area (Å²) >= 11 is 0. The molecule has 0 aromatic heterocycles. The van der Waals surface area contributed by atoms with Crippen molar-refractivity contribution in [2.45, 2.75) is 50.5 Å². The Morgan fingerprint density at radius 2 is 1.76 bits per heavy atom. The zero-order valence-corrected chi connectivity index (χ0v) is 16.5. The largest absolute Gasteiger partial charge is 0.467 e. The number of hydrogen-bond acceptors (Lipinski definition) is 4. The molecule has 1 N–H and O–H groups in total. The van der Waals surface area contributed by atoms with Gasteiger partial charge in [-0.1, -0.05) is 19.3 Å². The van der Waals surface area contributed by atoms with Gasteiger partial charge in [0.15, 0.2) is 0 Å². The number of amides is 2. The average Bonchev–Trinajstić information content (AvgIpc) is 2.73. The van der Waals surface area contributed by atoms with Crippen molar-refractivity contribution in [3.05, 3.63) is 35.4 Å². The highest BCUT2D eigenvalue weighted by atomic mass is 19.1. The second-order valence-corrected chi connectivity index (χ2v) is 7.81. The first kappa shape index (κ1) is 21.2. The van der Waals surface area contributed by atoms with Gasteiger partial charge in [0.25, 0.3) is 5.91 Å². The zero-order chi connectivity index (χ0) is 21.0. The van der Waals surface area contributed by atoms with Crippen molar-refractivity contribution in [2.24, 2.45) is 5.92 Å². The number of likely N-dealkylation sites (tertiary alicyclic amines) is 1. The first-order chi connectivity index (χ1) is 13.9. The Morgan fingerprint density at radius 1 is 1.10 bits per heavy atom. The lowest BCUT2D eigenvalue weighted by Crippen LogP contribution is -2.58. The minimum Gasteiger partial charge on any atom is -0.467 e. The number of benzene rings is 1. The number of esters is 1. The lowest BCUT2D eigenvalue weighted by Gasteiger charge is -2.38. The molecule has 2 amide bonds. The van der Waals surface area contributed by atoms with E-state index in [9.17, 15) is 23.2 Å². The molecular formula is C21H26F2N2O4. The number of nitrogens with zero attached hydrogens (tertiary/aromatic N) is 1. The Kier molecular flexibility index (Phi) is 6.49. The lowest BCUT2D eigenvalue weighted by atomic mass is 9.80. The van der Waals surface area contributed by atoms with E-state index in [1.54, 1.807) is 0 Å². The maximum Gasteiger partial charge on any atom is 0.331 e. The summed E-state index contributed by atoms with van der Waals surface area (Å²) in [5, 5.41) is 2.93. The van der Waals surface area contributed by atoms with Crippen LogP contribution in [0.3, 0.4) is 0 Å². The van der Waals surface area contributed by atoms with E-state index in [-0.39, 0.29) is 17.4 Å². The van der Waals surface area contributed by atoms with Gasteiger partial charge in [0, 0.05) is 25.1 Å². The topological polar surface area (TPSA) is 75.7 Å². The highest BCUT2D eigenvalue weighted by molar-refractivity contribution is 5.95. The van der Waals surface area contributed by atoms with Crippen LogP contribution in [0, 0.1) is 17.6 Å². The molecule has 3 rings (SSSR count). The van der Waals surface area contributed by atoms with Gasteiger partial charge in [0.05, 0.1) is 12.7 Å². The third-order valence-electron chi connectivity index (χ3n) is 5.96. The van der Waals surface area contributed by atoms with Crippen LogP contribution in [-0.4, -0.2) is 48.4 Å². The number of halogens is 2. The number of carbonyl (C=O) groups is 3. The molecule has 1 aromatic carbocycles. The molecule has 1 saturated carbocycles. The summed E-state index contributed by atoms with van der Waals surface area (Å²) in [5.41, 5.74) is -1.14. The molecule has 2 aliphatic rings. The monoisotopic (exact) mass is 408 g/mol. The molecule has 29 heavy (non-hydrogen) atoms. The summed E-state index contributed by atoms with van der Waals surface area (Å²) in [6.45, 7) is 0.581. The summed E-state index contributed by atoms with van der Waals surface area (Å²) in [6, 6.07) is 2.87. The minimum absolute atomic E-state index is 0.179. The Balaban J connectivity index is 1.60. The molecule has 1 aromatic rings. The van der Waals surface area contributed by atoms with Crippen LogP contribution in [0.15, 0.2) is 18.2 Å². The normalized spacial score (nSPS) is 19.5. The van der Waals surface area contributed by atoms with Gasteiger partial charge in [0.2, 0.25) is 5.91 Å². The Bertz CT molecular complexity index is 785. The third kappa shape index (κ3) is 4.57. The van der Waals surface area contributed by atoms with Crippen LogP contribution in [0.4, 0.5) is 8.78 Å². The van der Waals surface area contributed by atoms with E-state index in [2.05, 4.69) is 5.32 Å². The quantitative estimate of drug-likeness (QED) is 0.778. The summed E-state index contributed by atoms with van der Waals surface area (Å²) in [7, 11) is 1.32. The Labute approximate surface area is 168 Å². The number of rotatable bonds is 4. The predicted molar refractivity (Wildman–Crippen MR) is 101 cm³/mol. The average molecular weight is 408 g/mol. The van der Waals surface area contributed by atoms with Crippen molar-refractivity contribution in [1.82, 2.24) is 10.2 Å². The van der Waals surface area contributed by atoms with E-state index in [4.69, 9.17) is 4.74 Å². The number of methoxy groups -OCH3 is 1. The zero-order valence-electron chi connectivity index (χ0n) is 16.5. The first-order valence-electron chi connectivity index (χ1n) is 10.0. The van der Waals surface area contributed by atoms with Crippen molar-refractivity contribution >= 4 is 17.8 Å². The molecule has 1 saturated heterocycles. The van der Waals surface area contributed by atoms with E-state index >= 15 is 0 Å². The maximum atomic E-state index is 13.9. The first-order valence-corrected chi connectivity index (χ1v) is 10.0. The summed E-state index contributed by atoms with van der Waals surface area (Å²) in [6.07, 6.45) is 4.68. The summed E-state index contributed by atoms with van der Waals surface area (Å²) in [5.74, 6) is -3.11. The fourth-order valence-corrected chi connectivity index (χ4v) is 4.25. The molecule has 1 heterocycles. The molecule has 0 unspecified atom stereocenters. The van der Waals surface area contributed by atoms with Gasteiger partial charge in [-0.3, -0.25) is 9.59 Å². The molecule has 2 fully saturated rings. The maximum absolute atomic E-state index is 13.9. The van der Waals surface area contributed by atoms with E-state index in [1.165, 1.54) is 12.0 Å². The van der Waals surface area contributed by atoms with Crippen molar-refractivity contribution in [1.29, 1.82) is 0 Å². The Hall–Kier alpha value is -2.51. The Morgan fingerprint density at radius 3 is 2.34 bits per heavy atom. The SMILES string of the molecule is COC(=O)C1(NC(=O)C2CCN(C(=O)c3ccc(F)cc3F)CC2)CCCCC1. The number of nitrogens with one attached hydrogen (secondary N) is 1. The van der Waals surface area contributed by atoms with Crippen LogP contribution in [0.2, 0.25) is 0 Å². The van der Waals surface area contributed by atoms with E-state index in [0.717, 1.165) is 31.4 Å². The van der Waals surface area contributed by atoms with Gasteiger partial charge in [0.1, 0.15) is 17.2 Å². The van der Waals surface area contributed by atoms with E-state index < -0.39 is 29.0 Å². The molecule has 1 aliphatic carbocycles. The van der Waals surface area contributed by atoms with E-state index in [0.29, 0.717) is 44.8 Å². The van der Waals surface area contributed by atoms with Gasteiger partial charge in [-0.15, -0.1) is 0 Å². The van der Waals surface area contributed by atoms with Crippen molar-refractivity contribution < 1.29 is 27.9 Å². The van der Waals surface area contributed by atoms with Crippen LogP contribution in [-0.2, 0) is 14.3 Å². The minimum atomic E-state index is -0.964. The van der Waals surface area contributed by atoms with Crippen molar-refractivity contribution in [2.75, 3.05) is 20.2 Å². The third-order valence-corrected chi connectivity index (χ3v) is 5.96. The highest BCUT2D eigenvalue weighted by Crippen LogP contribution is 2.30. The van der Waals surface area contributed by atoms with Gasteiger partial charge >= 0.3 is 5.97 Å². The van der Waals surface area contributed by atoms with Gasteiger partial charge in [-0.2, -0.15) is 0 Å². The molecule has 1 aliphatic heterocycles. The molecule has 0 spiro atoms. The van der Waals surface area contributed by atoms with Crippen LogP contribution in [0.5, 0.6) is 0 Å². The number of carbonyl (C=O) groups excluding carboxylic acids is 3. The smallest absolute Gasteiger partial charge is 0.331 e. The molecule has 8 heteroatoms. The fraction of sp³-hybridized carbons (Fsp3) is 0.571. The van der Waals surface area contributed by atoms with Gasteiger partial charge in [-0.05, 0) is 37.8 Å². The second kappa shape index (κ2) is 8.88. The summed E-state index contributed by atoms with van der Waals surface area (Å²) < 4.78 is 31.9. The fourth-order valence-electron chi connectivity index (χ4n) is 4.25. The van der Waals surface area contributed by atoms with Crippen LogP contribution in [0.1, 0.15) is 55.3 Å². The van der Waals surface area contributed by atoms with Crippen LogP contribution >= 0.6 is 0 Å². The summed E-state index contributed by atoms with van der Waals surface area (Å²) in [4.78, 5) is 39.1. The number of piperidine rings is 1. The lowest BCUT2D eigenvalue weighted by molar-refractivity contribution is -0.153. The van der Waals surface area contributed by atoms with Crippen molar-refractivity contribution in [3.63, 3.8) is 0 Å². The number of hydrogen-bond donors (Lipinski definition) is 1. The molecule has 158 valence electrons. The molecule has 0 radical (unpaired) electrons.